The molecule has 1 N–H and O–H groups in total. The minimum absolute atomic E-state index is 0.175. The fourth-order valence-electron chi connectivity index (χ4n) is 2.48. The zero-order valence-corrected chi connectivity index (χ0v) is 12.9. The number of rotatable bonds is 3. The van der Waals surface area contributed by atoms with Gasteiger partial charge in [0, 0.05) is 23.6 Å². The van der Waals surface area contributed by atoms with Crippen LogP contribution in [-0.2, 0) is 6.42 Å². The van der Waals surface area contributed by atoms with E-state index >= 15 is 0 Å². The Morgan fingerprint density at radius 1 is 1.21 bits per heavy atom. The highest BCUT2D eigenvalue weighted by molar-refractivity contribution is 5.88. The zero-order chi connectivity index (χ0) is 17.3. The van der Waals surface area contributed by atoms with Crippen LogP contribution in [0.4, 0.5) is 8.78 Å². The lowest BCUT2D eigenvalue weighted by atomic mass is 10.0. The van der Waals surface area contributed by atoms with Crippen molar-refractivity contribution in [3.63, 3.8) is 0 Å². The molecule has 1 heterocycles. The van der Waals surface area contributed by atoms with Gasteiger partial charge in [-0.15, -0.1) is 6.42 Å². The number of aryl methyl sites for hydroxylation is 1. The summed E-state index contributed by atoms with van der Waals surface area (Å²) < 4.78 is 28.5. The Balaban J connectivity index is 2.02. The first kappa shape index (κ1) is 16.0. The maximum atomic E-state index is 14.7. The molecule has 0 spiro atoms. The molecule has 0 fully saturated rings. The predicted octanol–water partition coefficient (Wildman–Crippen LogP) is 3.42. The van der Waals surface area contributed by atoms with Crippen molar-refractivity contribution in [2.24, 2.45) is 0 Å². The maximum Gasteiger partial charge on any atom is 0.140 e. The lowest BCUT2D eigenvalue weighted by Crippen LogP contribution is -2.08. The molecule has 5 heteroatoms. The predicted molar refractivity (Wildman–Crippen MR) is 88.2 cm³/mol. The third kappa shape index (κ3) is 2.97. The number of nitrogens with zero attached hydrogens (tertiary/aromatic N) is 2. The molecule has 0 radical (unpaired) electrons. The molecule has 0 saturated heterocycles. The zero-order valence-electron chi connectivity index (χ0n) is 12.9. The molecule has 0 bridgehead atoms. The highest BCUT2D eigenvalue weighted by Gasteiger charge is 2.13. The number of aromatic nitrogens is 2. The van der Waals surface area contributed by atoms with E-state index < -0.39 is 17.7 Å². The Hall–Kier alpha value is -2.84. The summed E-state index contributed by atoms with van der Waals surface area (Å²) >= 11 is 0. The fourth-order valence-corrected chi connectivity index (χ4v) is 2.48. The molecule has 3 rings (SSSR count). The smallest absolute Gasteiger partial charge is 0.140 e. The minimum atomic E-state index is -0.936. The van der Waals surface area contributed by atoms with Crippen molar-refractivity contribution in [2.75, 3.05) is 0 Å². The SMILES string of the molecule is C#CC(O)Cc1cnc(-c2ccc3cc(C)c(F)cc3c2F)cn1. The van der Waals surface area contributed by atoms with Gasteiger partial charge in [0.05, 0.1) is 17.6 Å². The number of hydrogen-bond acceptors (Lipinski definition) is 3. The van der Waals surface area contributed by atoms with Crippen molar-refractivity contribution in [2.45, 2.75) is 19.4 Å². The third-order valence-electron chi connectivity index (χ3n) is 3.81. The maximum absolute atomic E-state index is 14.7. The largest absolute Gasteiger partial charge is 0.380 e. The molecule has 0 aliphatic rings. The molecule has 0 saturated carbocycles. The molecule has 24 heavy (non-hydrogen) atoms. The van der Waals surface area contributed by atoms with E-state index in [1.165, 1.54) is 18.5 Å². The lowest BCUT2D eigenvalue weighted by Gasteiger charge is -2.08. The van der Waals surface area contributed by atoms with Gasteiger partial charge in [-0.2, -0.15) is 0 Å². The molecule has 1 unspecified atom stereocenters. The van der Waals surface area contributed by atoms with Gasteiger partial charge in [0.15, 0.2) is 0 Å². The highest BCUT2D eigenvalue weighted by Crippen LogP contribution is 2.29. The van der Waals surface area contributed by atoms with Crippen LogP contribution in [0.25, 0.3) is 22.0 Å². The van der Waals surface area contributed by atoms with Gasteiger partial charge in [-0.25, -0.2) is 8.78 Å². The summed E-state index contributed by atoms with van der Waals surface area (Å²) in [5.74, 6) is 1.19. The third-order valence-corrected chi connectivity index (χ3v) is 3.81. The van der Waals surface area contributed by atoms with Crippen molar-refractivity contribution in [3.05, 3.63) is 59.6 Å². The van der Waals surface area contributed by atoms with Gasteiger partial charge in [0.25, 0.3) is 0 Å². The standard InChI is InChI=1S/C19H14F2N2O/c1-3-14(24)7-13-9-23-18(10-22-13)15-5-4-12-6-11(2)17(20)8-16(12)19(15)21/h1,4-6,8-10,14,24H,7H2,2H3. The second-order valence-corrected chi connectivity index (χ2v) is 5.53. The summed E-state index contributed by atoms with van der Waals surface area (Å²) in [6, 6.07) is 6.11. The van der Waals surface area contributed by atoms with Crippen LogP contribution in [0.1, 0.15) is 11.3 Å². The molecule has 1 aromatic heterocycles. The molecule has 3 aromatic rings. The normalized spacial score (nSPS) is 12.1. The monoisotopic (exact) mass is 324 g/mol. The fraction of sp³-hybridized carbons (Fsp3) is 0.158. The van der Waals surface area contributed by atoms with Crippen molar-refractivity contribution >= 4 is 10.8 Å². The van der Waals surface area contributed by atoms with Crippen molar-refractivity contribution < 1.29 is 13.9 Å². The molecule has 1 atom stereocenters. The number of benzene rings is 2. The number of aliphatic hydroxyl groups excluding tert-OH is 1. The second kappa shape index (κ2) is 6.34. The van der Waals surface area contributed by atoms with E-state index in [-0.39, 0.29) is 17.4 Å². The molecule has 2 aromatic carbocycles. The van der Waals surface area contributed by atoms with E-state index in [1.54, 1.807) is 25.1 Å². The Bertz CT molecular complexity index is 946. The summed E-state index contributed by atoms with van der Waals surface area (Å²) in [4.78, 5) is 8.31. The van der Waals surface area contributed by atoms with Crippen LogP contribution in [0.3, 0.4) is 0 Å². The average molecular weight is 324 g/mol. The van der Waals surface area contributed by atoms with Gasteiger partial charge in [0.2, 0.25) is 0 Å². The minimum Gasteiger partial charge on any atom is -0.380 e. The van der Waals surface area contributed by atoms with Crippen molar-refractivity contribution in [1.29, 1.82) is 0 Å². The Morgan fingerprint density at radius 2 is 2.00 bits per heavy atom. The van der Waals surface area contributed by atoms with Crippen molar-refractivity contribution in [1.82, 2.24) is 9.97 Å². The first-order chi connectivity index (χ1) is 11.5. The summed E-state index contributed by atoms with van der Waals surface area (Å²) in [5.41, 5.74) is 1.54. The van der Waals surface area contributed by atoms with Crippen LogP contribution >= 0.6 is 0 Å². The van der Waals surface area contributed by atoms with Crippen LogP contribution in [-0.4, -0.2) is 21.2 Å². The quantitative estimate of drug-likeness (QED) is 0.751. The molecule has 3 nitrogen and oxygen atoms in total. The lowest BCUT2D eigenvalue weighted by molar-refractivity contribution is 0.232. The van der Waals surface area contributed by atoms with E-state index in [9.17, 15) is 13.9 Å². The number of fused-ring (bicyclic) bond motifs is 1. The molecule has 0 aliphatic heterocycles. The Labute approximate surface area is 138 Å². The number of terminal acetylenes is 1. The number of hydrogen-bond donors (Lipinski definition) is 1. The molecule has 0 amide bonds. The van der Waals surface area contributed by atoms with Crippen molar-refractivity contribution in [3.8, 4) is 23.6 Å². The summed E-state index contributed by atoms with van der Waals surface area (Å²) in [7, 11) is 0. The molecule has 120 valence electrons. The van der Waals surface area contributed by atoms with Gasteiger partial charge < -0.3 is 5.11 Å². The summed E-state index contributed by atoms with van der Waals surface area (Å²) in [6.07, 6.45) is 7.20. The van der Waals surface area contributed by atoms with Crippen LogP contribution in [0.2, 0.25) is 0 Å². The second-order valence-electron chi connectivity index (χ2n) is 5.53. The number of halogens is 2. The van der Waals surface area contributed by atoms with E-state index in [4.69, 9.17) is 6.42 Å². The van der Waals surface area contributed by atoms with E-state index in [0.29, 0.717) is 22.3 Å². The van der Waals surface area contributed by atoms with Gasteiger partial charge in [-0.05, 0) is 36.1 Å². The van der Waals surface area contributed by atoms with Crippen LogP contribution in [0, 0.1) is 30.9 Å². The molecule has 0 aliphatic carbocycles. The first-order valence-electron chi connectivity index (χ1n) is 7.33. The number of aliphatic hydroxyl groups is 1. The first-order valence-corrected chi connectivity index (χ1v) is 7.33. The summed E-state index contributed by atoms with van der Waals surface area (Å²) in [6.45, 7) is 1.63. The van der Waals surface area contributed by atoms with Gasteiger partial charge in [-0.1, -0.05) is 12.0 Å². The average Bonchev–Trinajstić information content (AvgIpc) is 2.58. The molecular weight excluding hydrogens is 310 g/mol. The van der Waals surface area contributed by atoms with Crippen LogP contribution < -0.4 is 0 Å². The van der Waals surface area contributed by atoms with Crippen LogP contribution in [0.15, 0.2) is 36.7 Å². The highest BCUT2D eigenvalue weighted by atomic mass is 19.1. The van der Waals surface area contributed by atoms with E-state index in [2.05, 4.69) is 15.9 Å². The van der Waals surface area contributed by atoms with E-state index in [0.717, 1.165) is 0 Å². The van der Waals surface area contributed by atoms with E-state index in [1.807, 2.05) is 0 Å². The van der Waals surface area contributed by atoms with Gasteiger partial charge in [-0.3, -0.25) is 9.97 Å². The Morgan fingerprint density at radius 3 is 2.67 bits per heavy atom. The Kier molecular flexibility index (Phi) is 4.24. The summed E-state index contributed by atoms with van der Waals surface area (Å²) in [5, 5.41) is 10.2. The van der Waals surface area contributed by atoms with Gasteiger partial charge >= 0.3 is 0 Å². The molecular formula is C19H14F2N2O. The van der Waals surface area contributed by atoms with Gasteiger partial charge in [0.1, 0.15) is 17.7 Å². The van der Waals surface area contributed by atoms with Crippen LogP contribution in [0.5, 0.6) is 0 Å². The topological polar surface area (TPSA) is 46.0 Å².